The molecule has 2 unspecified atom stereocenters. The molecule has 3 heterocycles. The van der Waals surface area contributed by atoms with Crippen molar-refractivity contribution in [1.82, 2.24) is 10.2 Å². The monoisotopic (exact) mass is 281 g/mol. The minimum Gasteiger partial charge on any atom is -0.397 e. The number of amides is 1. The minimum atomic E-state index is -0.0976. The maximum absolute atomic E-state index is 11.9. The van der Waals surface area contributed by atoms with E-state index < -0.39 is 0 Å². The molecular weight excluding hydrogens is 262 g/mol. The topological polar surface area (TPSA) is 67.6 Å². The summed E-state index contributed by atoms with van der Waals surface area (Å²) in [6, 6.07) is 2.35. The van der Waals surface area contributed by atoms with E-state index in [9.17, 15) is 4.79 Å². The molecule has 2 atom stereocenters. The smallest absolute Gasteiger partial charge is 0.263 e. The number of morpholine rings is 1. The summed E-state index contributed by atoms with van der Waals surface area (Å²) in [7, 11) is 0. The molecule has 2 fully saturated rings. The number of thiophene rings is 1. The first-order valence-electron chi connectivity index (χ1n) is 6.71. The number of nitrogens with zero attached hydrogens (tertiary/aromatic N) is 1. The summed E-state index contributed by atoms with van der Waals surface area (Å²) in [6.07, 6.45) is 2.60. The van der Waals surface area contributed by atoms with Crippen LogP contribution in [0.2, 0.25) is 0 Å². The zero-order chi connectivity index (χ0) is 13.2. The van der Waals surface area contributed by atoms with E-state index in [-0.39, 0.29) is 12.0 Å². The average Bonchev–Trinajstić information content (AvgIpc) is 3.03. The molecular formula is C13H19N3O2S. The highest BCUT2D eigenvalue weighted by Crippen LogP contribution is 2.22. The van der Waals surface area contributed by atoms with Crippen molar-refractivity contribution in [2.45, 2.75) is 25.0 Å². The van der Waals surface area contributed by atoms with Gasteiger partial charge in [0.15, 0.2) is 0 Å². The molecule has 2 saturated heterocycles. The third-order valence-electron chi connectivity index (χ3n) is 3.85. The van der Waals surface area contributed by atoms with Gasteiger partial charge in [0.1, 0.15) is 4.88 Å². The van der Waals surface area contributed by atoms with Gasteiger partial charge in [-0.3, -0.25) is 9.69 Å². The Bertz CT molecular complexity index is 462. The highest BCUT2D eigenvalue weighted by molar-refractivity contribution is 7.12. The van der Waals surface area contributed by atoms with Crippen molar-refractivity contribution in [3.05, 3.63) is 16.3 Å². The van der Waals surface area contributed by atoms with Gasteiger partial charge in [-0.2, -0.15) is 0 Å². The Labute approximate surface area is 116 Å². The lowest BCUT2D eigenvalue weighted by Gasteiger charge is -2.35. The van der Waals surface area contributed by atoms with Crippen molar-refractivity contribution in [3.8, 4) is 0 Å². The lowest BCUT2D eigenvalue weighted by atomic mass is 10.2. The Morgan fingerprint density at radius 3 is 3.32 bits per heavy atom. The second-order valence-electron chi connectivity index (χ2n) is 5.16. The number of fused-ring (bicyclic) bond motifs is 1. The predicted molar refractivity (Wildman–Crippen MR) is 75.4 cm³/mol. The first-order chi connectivity index (χ1) is 9.24. The summed E-state index contributed by atoms with van der Waals surface area (Å²) in [6.45, 7) is 3.43. The molecule has 1 amide bonds. The number of carbonyl (C=O) groups is 1. The van der Waals surface area contributed by atoms with Gasteiger partial charge in [-0.25, -0.2) is 0 Å². The Balaban J connectivity index is 1.50. The Morgan fingerprint density at radius 1 is 1.63 bits per heavy atom. The number of nitrogens with two attached hydrogens (primary N) is 1. The number of anilines is 1. The Kier molecular flexibility index (Phi) is 3.72. The number of carbonyl (C=O) groups excluding carboxylic acids is 1. The molecule has 6 heteroatoms. The van der Waals surface area contributed by atoms with Gasteiger partial charge in [-0.15, -0.1) is 11.3 Å². The number of hydrogen-bond acceptors (Lipinski definition) is 5. The van der Waals surface area contributed by atoms with Crippen molar-refractivity contribution in [3.63, 3.8) is 0 Å². The van der Waals surface area contributed by atoms with E-state index in [1.165, 1.54) is 24.2 Å². The van der Waals surface area contributed by atoms with Crippen LogP contribution in [0.25, 0.3) is 0 Å². The maximum atomic E-state index is 11.9. The Hall–Kier alpha value is -1.11. The summed E-state index contributed by atoms with van der Waals surface area (Å²) in [5, 5.41) is 4.74. The van der Waals surface area contributed by atoms with Gasteiger partial charge < -0.3 is 15.8 Å². The van der Waals surface area contributed by atoms with Crippen molar-refractivity contribution in [2.24, 2.45) is 0 Å². The molecule has 104 valence electrons. The van der Waals surface area contributed by atoms with E-state index in [0.717, 1.165) is 19.7 Å². The average molecular weight is 281 g/mol. The molecule has 0 aliphatic carbocycles. The molecule has 0 radical (unpaired) electrons. The van der Waals surface area contributed by atoms with Crippen LogP contribution < -0.4 is 11.1 Å². The molecule has 2 aliphatic heterocycles. The number of hydrogen-bond donors (Lipinski definition) is 2. The van der Waals surface area contributed by atoms with E-state index in [1.807, 2.05) is 5.38 Å². The van der Waals surface area contributed by atoms with Crippen LogP contribution in [0.4, 0.5) is 5.69 Å². The highest BCUT2D eigenvalue weighted by atomic mass is 32.1. The van der Waals surface area contributed by atoms with Crippen molar-refractivity contribution >= 4 is 22.9 Å². The largest absolute Gasteiger partial charge is 0.397 e. The molecule has 2 aliphatic rings. The number of nitrogen functional groups attached to an aromatic ring is 1. The van der Waals surface area contributed by atoms with E-state index in [1.54, 1.807) is 6.07 Å². The summed E-state index contributed by atoms with van der Waals surface area (Å²) >= 11 is 1.37. The molecule has 0 saturated carbocycles. The fourth-order valence-electron chi connectivity index (χ4n) is 2.80. The molecule has 1 aromatic rings. The standard InChI is InChI=1S/C13H19N3O2S/c14-11-3-5-19-12(11)13(17)15-6-10-7-16-4-1-2-9(16)8-18-10/h3,5,9-10H,1-2,4,6-8,14H2,(H,15,17). The van der Waals surface area contributed by atoms with Crippen LogP contribution in [-0.2, 0) is 4.74 Å². The van der Waals surface area contributed by atoms with Crippen LogP contribution in [0.3, 0.4) is 0 Å². The van der Waals surface area contributed by atoms with Crippen LogP contribution in [0.5, 0.6) is 0 Å². The lowest BCUT2D eigenvalue weighted by molar-refractivity contribution is -0.0461. The van der Waals surface area contributed by atoms with E-state index >= 15 is 0 Å². The molecule has 0 aromatic carbocycles. The minimum absolute atomic E-state index is 0.0967. The third kappa shape index (κ3) is 2.75. The van der Waals surface area contributed by atoms with Gasteiger partial charge in [0, 0.05) is 19.1 Å². The lowest BCUT2D eigenvalue weighted by Crippen LogP contribution is -2.50. The quantitative estimate of drug-likeness (QED) is 0.864. The molecule has 1 aromatic heterocycles. The van der Waals surface area contributed by atoms with E-state index in [0.29, 0.717) is 23.2 Å². The first kappa shape index (κ1) is 12.9. The summed E-state index contributed by atoms with van der Waals surface area (Å²) < 4.78 is 5.81. The number of nitrogens with one attached hydrogen (secondary N) is 1. The van der Waals surface area contributed by atoms with E-state index in [4.69, 9.17) is 10.5 Å². The van der Waals surface area contributed by atoms with Gasteiger partial charge in [0.2, 0.25) is 0 Å². The predicted octanol–water partition coefficient (Wildman–Crippen LogP) is 0.923. The Morgan fingerprint density at radius 2 is 2.53 bits per heavy atom. The van der Waals surface area contributed by atoms with Gasteiger partial charge in [0.05, 0.1) is 18.4 Å². The van der Waals surface area contributed by atoms with Gasteiger partial charge in [0.25, 0.3) is 5.91 Å². The van der Waals surface area contributed by atoms with E-state index in [2.05, 4.69) is 10.2 Å². The van der Waals surface area contributed by atoms with Crippen LogP contribution in [0, 0.1) is 0 Å². The van der Waals surface area contributed by atoms with Crippen LogP contribution >= 0.6 is 11.3 Å². The zero-order valence-electron chi connectivity index (χ0n) is 10.8. The summed E-state index contributed by atoms with van der Waals surface area (Å²) in [5.74, 6) is -0.0976. The van der Waals surface area contributed by atoms with Crippen molar-refractivity contribution in [2.75, 3.05) is 32.0 Å². The SMILES string of the molecule is Nc1ccsc1C(=O)NCC1CN2CCCC2CO1. The molecule has 5 nitrogen and oxygen atoms in total. The number of ether oxygens (including phenoxy) is 1. The fraction of sp³-hybridized carbons (Fsp3) is 0.615. The van der Waals surface area contributed by atoms with Gasteiger partial charge in [-0.1, -0.05) is 0 Å². The number of rotatable bonds is 3. The molecule has 19 heavy (non-hydrogen) atoms. The maximum Gasteiger partial charge on any atom is 0.263 e. The molecule has 3 rings (SSSR count). The van der Waals surface area contributed by atoms with Crippen molar-refractivity contribution < 1.29 is 9.53 Å². The summed E-state index contributed by atoms with van der Waals surface area (Å²) in [4.78, 5) is 15.0. The summed E-state index contributed by atoms with van der Waals surface area (Å²) in [5.41, 5.74) is 6.28. The second kappa shape index (κ2) is 5.48. The highest BCUT2D eigenvalue weighted by Gasteiger charge is 2.32. The van der Waals surface area contributed by atoms with Crippen LogP contribution in [0.1, 0.15) is 22.5 Å². The second-order valence-corrected chi connectivity index (χ2v) is 6.08. The molecule has 3 N–H and O–H groups in total. The van der Waals surface area contributed by atoms with Crippen LogP contribution in [-0.4, -0.2) is 49.2 Å². The van der Waals surface area contributed by atoms with Gasteiger partial charge in [-0.05, 0) is 30.8 Å². The van der Waals surface area contributed by atoms with Gasteiger partial charge >= 0.3 is 0 Å². The third-order valence-corrected chi connectivity index (χ3v) is 4.78. The fourth-order valence-corrected chi connectivity index (χ4v) is 3.53. The normalized spacial score (nSPS) is 27.2. The first-order valence-corrected chi connectivity index (χ1v) is 7.59. The molecule has 0 bridgehead atoms. The molecule has 0 spiro atoms. The zero-order valence-corrected chi connectivity index (χ0v) is 11.6. The van der Waals surface area contributed by atoms with Crippen molar-refractivity contribution in [1.29, 1.82) is 0 Å². The van der Waals surface area contributed by atoms with Crippen LogP contribution in [0.15, 0.2) is 11.4 Å².